The number of alkyl halides is 2. The highest BCUT2D eigenvalue weighted by molar-refractivity contribution is 6.30. The molecule has 0 radical (unpaired) electrons. The number of pyridine rings is 1. The number of hydrogen-bond donors (Lipinski definition) is 0. The van der Waals surface area contributed by atoms with E-state index in [9.17, 15) is 13.6 Å². The highest BCUT2D eigenvalue weighted by atomic mass is 35.5. The predicted molar refractivity (Wildman–Crippen MR) is 59.3 cm³/mol. The Hall–Kier alpha value is -1.23. The van der Waals surface area contributed by atoms with Crippen molar-refractivity contribution in [1.29, 1.82) is 0 Å². The fourth-order valence-electron chi connectivity index (χ4n) is 1.41. The molecule has 17 heavy (non-hydrogen) atoms. The first-order valence-corrected chi connectivity index (χ1v) is 5.42. The maximum absolute atomic E-state index is 12.6. The van der Waals surface area contributed by atoms with Gasteiger partial charge in [-0.3, -0.25) is 4.79 Å². The molecule has 1 heterocycles. The second kappa shape index (κ2) is 5.91. The summed E-state index contributed by atoms with van der Waals surface area (Å²) in [5.41, 5.74) is 0.365. The van der Waals surface area contributed by atoms with Crippen LogP contribution in [0.1, 0.15) is 30.0 Å². The standard InChI is InChI=1S/C11H12ClF2NO2/c1-3-17-9(16)4-7-6(2)8(11(13)14)5-15-10(7)12/h5,11H,3-4H2,1-2H3. The smallest absolute Gasteiger partial charge is 0.310 e. The lowest BCUT2D eigenvalue weighted by atomic mass is 10.0. The fourth-order valence-corrected chi connectivity index (χ4v) is 1.67. The lowest BCUT2D eigenvalue weighted by molar-refractivity contribution is -0.142. The first-order chi connectivity index (χ1) is 7.97. The number of carbonyl (C=O) groups excluding carboxylic acids is 1. The van der Waals surface area contributed by atoms with Gasteiger partial charge in [-0.05, 0) is 19.4 Å². The van der Waals surface area contributed by atoms with Crippen LogP contribution in [0.15, 0.2) is 6.20 Å². The van der Waals surface area contributed by atoms with Crippen molar-refractivity contribution < 1.29 is 18.3 Å². The van der Waals surface area contributed by atoms with Crippen molar-refractivity contribution in [2.45, 2.75) is 26.7 Å². The van der Waals surface area contributed by atoms with E-state index in [-0.39, 0.29) is 29.3 Å². The number of halogens is 3. The van der Waals surface area contributed by atoms with Gasteiger partial charge in [0.05, 0.1) is 13.0 Å². The molecule has 0 bridgehead atoms. The van der Waals surface area contributed by atoms with Crippen LogP contribution in [-0.2, 0) is 16.0 Å². The van der Waals surface area contributed by atoms with Gasteiger partial charge < -0.3 is 4.74 Å². The molecule has 6 heteroatoms. The van der Waals surface area contributed by atoms with Gasteiger partial charge in [-0.15, -0.1) is 0 Å². The van der Waals surface area contributed by atoms with Crippen LogP contribution >= 0.6 is 11.6 Å². The van der Waals surface area contributed by atoms with E-state index in [2.05, 4.69) is 4.98 Å². The quantitative estimate of drug-likeness (QED) is 0.619. The Morgan fingerprint density at radius 3 is 2.76 bits per heavy atom. The van der Waals surface area contributed by atoms with Gasteiger partial charge in [-0.2, -0.15) is 0 Å². The minimum atomic E-state index is -2.64. The molecule has 0 aliphatic heterocycles. The summed E-state index contributed by atoms with van der Waals surface area (Å²) in [4.78, 5) is 15.0. The molecular formula is C11H12ClF2NO2. The molecule has 0 saturated heterocycles. The summed E-state index contributed by atoms with van der Waals surface area (Å²) in [7, 11) is 0. The zero-order valence-corrected chi connectivity index (χ0v) is 10.2. The normalized spacial score (nSPS) is 10.7. The lowest BCUT2D eigenvalue weighted by Gasteiger charge is -2.11. The Labute approximate surface area is 103 Å². The molecule has 0 atom stereocenters. The van der Waals surface area contributed by atoms with Crippen LogP contribution in [0.4, 0.5) is 8.78 Å². The van der Waals surface area contributed by atoms with Crippen LogP contribution in [0.5, 0.6) is 0 Å². The van der Waals surface area contributed by atoms with Crippen LogP contribution in [0.3, 0.4) is 0 Å². The molecule has 94 valence electrons. The summed E-state index contributed by atoms with van der Waals surface area (Å²) in [5.74, 6) is -0.509. The molecule has 0 aliphatic carbocycles. The highest BCUT2D eigenvalue weighted by Gasteiger charge is 2.18. The number of hydrogen-bond acceptors (Lipinski definition) is 3. The monoisotopic (exact) mass is 263 g/mol. The largest absolute Gasteiger partial charge is 0.466 e. The third-order valence-electron chi connectivity index (χ3n) is 2.31. The van der Waals surface area contributed by atoms with Crippen molar-refractivity contribution in [2.75, 3.05) is 6.61 Å². The lowest BCUT2D eigenvalue weighted by Crippen LogP contribution is -2.10. The van der Waals surface area contributed by atoms with E-state index in [0.29, 0.717) is 5.56 Å². The van der Waals surface area contributed by atoms with E-state index in [1.807, 2.05) is 0 Å². The molecule has 0 saturated carbocycles. The number of aromatic nitrogens is 1. The summed E-state index contributed by atoms with van der Waals surface area (Å²) in [6.07, 6.45) is -1.76. The molecule has 0 spiro atoms. The van der Waals surface area contributed by atoms with Crippen molar-refractivity contribution in [3.05, 3.63) is 28.0 Å². The maximum atomic E-state index is 12.6. The van der Waals surface area contributed by atoms with Gasteiger partial charge in [0.25, 0.3) is 6.43 Å². The first kappa shape index (κ1) is 13.8. The summed E-state index contributed by atoms with van der Waals surface area (Å²) in [5, 5.41) is 0.0555. The molecule has 3 nitrogen and oxygen atoms in total. The van der Waals surface area contributed by atoms with E-state index in [4.69, 9.17) is 16.3 Å². The minimum absolute atomic E-state index is 0.0555. The molecule has 0 fully saturated rings. The summed E-state index contributed by atoms with van der Waals surface area (Å²) < 4.78 is 30.0. The van der Waals surface area contributed by atoms with Crippen LogP contribution in [0, 0.1) is 6.92 Å². The second-order valence-corrected chi connectivity index (χ2v) is 3.75. The number of nitrogens with zero attached hydrogens (tertiary/aromatic N) is 1. The topological polar surface area (TPSA) is 39.2 Å². The van der Waals surface area contributed by atoms with Crippen LogP contribution in [0.25, 0.3) is 0 Å². The highest BCUT2D eigenvalue weighted by Crippen LogP contribution is 2.28. The number of rotatable bonds is 4. The van der Waals surface area contributed by atoms with Crippen LogP contribution in [0.2, 0.25) is 5.15 Å². The third kappa shape index (κ3) is 3.36. The van der Waals surface area contributed by atoms with Crippen molar-refractivity contribution in [2.24, 2.45) is 0 Å². The van der Waals surface area contributed by atoms with E-state index < -0.39 is 12.4 Å². The van der Waals surface area contributed by atoms with Gasteiger partial charge in [0.15, 0.2) is 0 Å². The van der Waals surface area contributed by atoms with Crippen molar-refractivity contribution in [1.82, 2.24) is 4.98 Å². The molecule has 0 amide bonds. The van der Waals surface area contributed by atoms with Gasteiger partial charge in [0.2, 0.25) is 0 Å². The molecule has 0 N–H and O–H groups in total. The van der Waals surface area contributed by atoms with Gasteiger partial charge in [0.1, 0.15) is 5.15 Å². The molecular weight excluding hydrogens is 252 g/mol. The Balaban J connectivity index is 3.05. The summed E-state index contributed by atoms with van der Waals surface area (Å²) in [6.45, 7) is 3.39. The average Bonchev–Trinajstić information content (AvgIpc) is 2.24. The van der Waals surface area contributed by atoms with Crippen molar-refractivity contribution in [3.63, 3.8) is 0 Å². The first-order valence-electron chi connectivity index (χ1n) is 5.05. The van der Waals surface area contributed by atoms with Gasteiger partial charge >= 0.3 is 5.97 Å². The van der Waals surface area contributed by atoms with Gasteiger partial charge in [-0.1, -0.05) is 11.6 Å². The van der Waals surface area contributed by atoms with E-state index >= 15 is 0 Å². The molecule has 0 aromatic carbocycles. The molecule has 1 aromatic rings. The molecule has 0 aliphatic rings. The van der Waals surface area contributed by atoms with Crippen LogP contribution in [-0.4, -0.2) is 17.6 Å². The number of ether oxygens (including phenoxy) is 1. The zero-order chi connectivity index (χ0) is 13.0. The fraction of sp³-hybridized carbons (Fsp3) is 0.455. The van der Waals surface area contributed by atoms with Gasteiger partial charge in [0, 0.05) is 17.3 Å². The van der Waals surface area contributed by atoms with E-state index in [1.54, 1.807) is 6.92 Å². The number of carbonyl (C=O) groups is 1. The molecule has 1 rings (SSSR count). The SMILES string of the molecule is CCOC(=O)Cc1c(Cl)ncc(C(F)F)c1C. The third-order valence-corrected chi connectivity index (χ3v) is 2.64. The Morgan fingerprint density at radius 2 is 2.24 bits per heavy atom. The summed E-state index contributed by atoms with van der Waals surface area (Å²) >= 11 is 5.79. The minimum Gasteiger partial charge on any atom is -0.466 e. The summed E-state index contributed by atoms with van der Waals surface area (Å²) in [6, 6.07) is 0. The van der Waals surface area contributed by atoms with Gasteiger partial charge in [-0.25, -0.2) is 13.8 Å². The predicted octanol–water partition coefficient (Wildman–Crippen LogP) is 3.09. The second-order valence-electron chi connectivity index (χ2n) is 3.39. The van der Waals surface area contributed by atoms with Crippen molar-refractivity contribution in [3.8, 4) is 0 Å². The number of esters is 1. The van der Waals surface area contributed by atoms with Crippen LogP contribution < -0.4 is 0 Å². The van der Waals surface area contributed by atoms with E-state index in [1.165, 1.54) is 6.92 Å². The van der Waals surface area contributed by atoms with E-state index in [0.717, 1.165) is 6.20 Å². The zero-order valence-electron chi connectivity index (χ0n) is 9.47. The Kier molecular flexibility index (Phi) is 4.81. The Bertz CT molecular complexity index is 424. The molecule has 1 aromatic heterocycles. The van der Waals surface area contributed by atoms with Crippen molar-refractivity contribution >= 4 is 17.6 Å². The average molecular weight is 264 g/mol. The Morgan fingerprint density at radius 1 is 1.59 bits per heavy atom. The maximum Gasteiger partial charge on any atom is 0.310 e. The molecule has 0 unspecified atom stereocenters.